The van der Waals surface area contributed by atoms with Crippen LogP contribution < -0.4 is 30.3 Å². The van der Waals surface area contributed by atoms with Crippen LogP contribution in [0.3, 0.4) is 0 Å². The molecule has 0 spiro atoms. The predicted octanol–water partition coefficient (Wildman–Crippen LogP) is 5.49. The maximum Gasteiger partial charge on any atom is 0.320 e. The van der Waals surface area contributed by atoms with Crippen LogP contribution in [0.2, 0.25) is 0 Å². The fraction of sp³-hybridized carbons (Fsp3) is 0.529. The van der Waals surface area contributed by atoms with E-state index in [4.69, 9.17) is 20.0 Å². The summed E-state index contributed by atoms with van der Waals surface area (Å²) in [5.74, 6) is 2.64. The molecule has 0 unspecified atom stereocenters. The third-order valence-electron chi connectivity index (χ3n) is 8.55. The number of urea groups is 1. The third-order valence-corrected chi connectivity index (χ3v) is 8.55. The Kier molecular flexibility index (Phi) is 10.7. The Hall–Kier alpha value is -4.32. The molecule has 1 aliphatic heterocycles. The molecule has 12 nitrogen and oxygen atoms in total. The first kappa shape index (κ1) is 33.1. The summed E-state index contributed by atoms with van der Waals surface area (Å²) in [4.78, 5) is 15.5. The molecule has 2 aliphatic rings. The molecule has 0 bridgehead atoms. The first-order valence-electron chi connectivity index (χ1n) is 16.4. The molecule has 0 radical (unpaired) electrons. The maximum absolute atomic E-state index is 13.1. The molecule has 5 rings (SSSR count). The number of rotatable bonds is 11. The number of benzene rings is 1. The van der Waals surface area contributed by atoms with Gasteiger partial charge in [0.15, 0.2) is 5.65 Å². The van der Waals surface area contributed by atoms with Gasteiger partial charge in [0.05, 0.1) is 18.9 Å². The number of nitrogens with one attached hydrogen (secondary N) is 4. The summed E-state index contributed by atoms with van der Waals surface area (Å²) >= 11 is 0. The number of aliphatic hydroxyl groups excluding tert-OH is 1. The molecule has 1 saturated carbocycles. The smallest absolute Gasteiger partial charge is 0.320 e. The van der Waals surface area contributed by atoms with Crippen molar-refractivity contribution >= 4 is 29.0 Å². The second-order valence-electron chi connectivity index (χ2n) is 13.3. The van der Waals surface area contributed by atoms with E-state index in [1.54, 1.807) is 18.2 Å². The summed E-state index contributed by atoms with van der Waals surface area (Å²) in [5.41, 5.74) is 1.45. The molecule has 1 aromatic carbocycles. The molecule has 1 atom stereocenters. The minimum absolute atomic E-state index is 0.00546. The molecule has 1 saturated heterocycles. The Morgan fingerprint density at radius 1 is 1.09 bits per heavy atom. The van der Waals surface area contributed by atoms with Crippen LogP contribution in [0.25, 0.3) is 5.65 Å². The first-order chi connectivity index (χ1) is 22.1. The molecule has 2 fully saturated rings. The van der Waals surface area contributed by atoms with Gasteiger partial charge in [0, 0.05) is 47.6 Å². The van der Waals surface area contributed by atoms with E-state index in [0.717, 1.165) is 62.4 Å². The number of hydrogen-bond donors (Lipinski definition) is 5. The fourth-order valence-corrected chi connectivity index (χ4v) is 5.83. The van der Waals surface area contributed by atoms with E-state index in [1.807, 2.05) is 55.6 Å². The number of piperidine rings is 1. The van der Waals surface area contributed by atoms with Crippen LogP contribution in [-0.2, 0) is 0 Å². The lowest BCUT2D eigenvalue weighted by atomic mass is 9.90. The number of hydrogen-bond acceptors (Lipinski definition) is 9. The summed E-state index contributed by atoms with van der Waals surface area (Å²) in [6.45, 7) is 9.18. The van der Waals surface area contributed by atoms with Crippen molar-refractivity contribution in [1.82, 2.24) is 25.2 Å². The van der Waals surface area contributed by atoms with Crippen molar-refractivity contribution in [3.8, 4) is 11.5 Å². The monoisotopic (exact) mass is 632 g/mol. The van der Waals surface area contributed by atoms with Gasteiger partial charge in [-0.3, -0.25) is 9.72 Å². The fourth-order valence-electron chi connectivity index (χ4n) is 5.83. The zero-order chi connectivity index (χ0) is 32.7. The molecule has 248 valence electrons. The second-order valence-corrected chi connectivity index (χ2v) is 13.3. The van der Waals surface area contributed by atoms with Gasteiger partial charge in [-0.05, 0) is 76.1 Å². The third kappa shape index (κ3) is 8.68. The van der Waals surface area contributed by atoms with Crippen molar-refractivity contribution < 1.29 is 19.4 Å². The summed E-state index contributed by atoms with van der Waals surface area (Å²) in [7, 11) is 0. The first-order valence-corrected chi connectivity index (χ1v) is 16.4. The number of allylic oxidation sites excluding steroid dienone is 1. The van der Waals surface area contributed by atoms with Gasteiger partial charge in [-0.1, -0.05) is 26.8 Å². The highest BCUT2D eigenvalue weighted by molar-refractivity contribution is 5.97. The number of fused-ring (bicyclic) bond motifs is 1. The van der Waals surface area contributed by atoms with Gasteiger partial charge in [0.25, 0.3) is 0 Å². The van der Waals surface area contributed by atoms with Crippen LogP contribution in [0.5, 0.6) is 11.5 Å². The van der Waals surface area contributed by atoms with E-state index in [-0.39, 0.29) is 31.4 Å². The number of carbonyl (C=O) groups excluding carboxylic acids is 1. The lowest BCUT2D eigenvalue weighted by molar-refractivity contribution is 0.140. The van der Waals surface area contributed by atoms with Crippen LogP contribution in [-0.4, -0.2) is 69.4 Å². The van der Waals surface area contributed by atoms with Crippen molar-refractivity contribution in [2.75, 3.05) is 30.0 Å². The molecule has 5 N–H and O–H groups in total. The molecule has 12 heteroatoms. The lowest BCUT2D eigenvalue weighted by Gasteiger charge is -2.33. The number of nitrogens with zero attached hydrogens (tertiary/aromatic N) is 4. The molecule has 2 amide bonds. The van der Waals surface area contributed by atoms with Crippen molar-refractivity contribution in [2.45, 2.75) is 90.8 Å². The Labute approximate surface area is 271 Å². The van der Waals surface area contributed by atoms with Crippen molar-refractivity contribution in [3.63, 3.8) is 0 Å². The van der Waals surface area contributed by atoms with Crippen LogP contribution in [0.4, 0.5) is 16.4 Å². The van der Waals surface area contributed by atoms with Crippen molar-refractivity contribution in [2.24, 2.45) is 5.41 Å². The number of amides is 2. The minimum Gasteiger partial charge on any atom is -0.491 e. The second kappa shape index (κ2) is 14.8. The Bertz CT molecular complexity index is 1520. The number of pyridine rings is 1. The zero-order valence-corrected chi connectivity index (χ0v) is 27.4. The molecule has 2 aromatic heterocycles. The topological polar surface area (TPSA) is 149 Å². The highest BCUT2D eigenvalue weighted by atomic mass is 16.5. The van der Waals surface area contributed by atoms with Gasteiger partial charge in [-0.15, -0.1) is 10.2 Å². The van der Waals surface area contributed by atoms with Crippen LogP contribution in [0.15, 0.2) is 54.5 Å². The van der Waals surface area contributed by atoms with E-state index >= 15 is 0 Å². The Morgan fingerprint density at radius 3 is 2.63 bits per heavy atom. The van der Waals surface area contributed by atoms with E-state index in [1.165, 1.54) is 6.42 Å². The normalized spacial score (nSPS) is 20.7. The van der Waals surface area contributed by atoms with Gasteiger partial charge in [0.1, 0.15) is 23.9 Å². The number of aliphatic hydroxyl groups is 1. The van der Waals surface area contributed by atoms with Crippen LogP contribution in [0.1, 0.15) is 72.6 Å². The van der Waals surface area contributed by atoms with Gasteiger partial charge in [-0.25, -0.2) is 4.79 Å². The van der Waals surface area contributed by atoms with Gasteiger partial charge >= 0.3 is 6.03 Å². The Morgan fingerprint density at radius 2 is 1.89 bits per heavy atom. The largest absolute Gasteiger partial charge is 0.491 e. The average Bonchev–Trinajstić information content (AvgIpc) is 3.44. The molecule has 46 heavy (non-hydrogen) atoms. The van der Waals surface area contributed by atoms with Crippen LogP contribution >= 0.6 is 0 Å². The summed E-state index contributed by atoms with van der Waals surface area (Å²) in [6, 6.07) is 11.2. The van der Waals surface area contributed by atoms with Gasteiger partial charge < -0.3 is 35.5 Å². The molecule has 3 aromatic rings. The summed E-state index contributed by atoms with van der Waals surface area (Å²) in [5, 5.41) is 35.7. The van der Waals surface area contributed by atoms with E-state index in [0.29, 0.717) is 29.0 Å². The number of anilines is 2. The number of carbonyl (C=O) groups is 1. The number of aromatic nitrogens is 3. The van der Waals surface area contributed by atoms with Gasteiger partial charge in [-0.2, -0.15) is 0 Å². The molecular formula is C34H48N8O4. The summed E-state index contributed by atoms with van der Waals surface area (Å²) in [6.07, 6.45) is 10.5. The highest BCUT2D eigenvalue weighted by Gasteiger charge is 2.26. The zero-order valence-electron chi connectivity index (χ0n) is 27.4. The maximum atomic E-state index is 13.1. The van der Waals surface area contributed by atoms with E-state index < -0.39 is 5.41 Å². The lowest BCUT2D eigenvalue weighted by Crippen LogP contribution is -2.45. The summed E-state index contributed by atoms with van der Waals surface area (Å²) < 4.78 is 14.0. The van der Waals surface area contributed by atoms with Gasteiger partial charge in [0.2, 0.25) is 5.95 Å². The van der Waals surface area contributed by atoms with E-state index in [2.05, 4.69) is 38.0 Å². The van der Waals surface area contributed by atoms with E-state index in [9.17, 15) is 4.79 Å². The van der Waals surface area contributed by atoms with Crippen molar-refractivity contribution in [3.05, 3.63) is 54.5 Å². The molecule has 3 heterocycles. The standard InChI is InChI=1S/C34H48N8O4/c1-23-8-5-6-17-41(23)33-40-39-31-16-15-28(22-42(31)33)46-26-13-11-24(12-14-26)37-32(44)38-30(21-29(35)34(2,3)4)36-25-9-7-10-27(20-25)45-19-18-43/h7,9-10,15-16,20-24,26,35-36,43H,5-6,8,11-14,17-19H2,1-4H3,(H2,37,38,44)/b30-21+,35-29?/t23-,24?,26?/m0/s1. The van der Waals surface area contributed by atoms with Crippen LogP contribution in [0, 0.1) is 10.8 Å². The minimum atomic E-state index is -0.401. The average molecular weight is 633 g/mol. The molecule has 1 aliphatic carbocycles. The molecular weight excluding hydrogens is 584 g/mol. The highest BCUT2D eigenvalue weighted by Crippen LogP contribution is 2.28. The van der Waals surface area contributed by atoms with Crippen molar-refractivity contribution in [1.29, 1.82) is 5.41 Å². The Balaban J connectivity index is 1.16. The quantitative estimate of drug-likeness (QED) is 0.174. The SMILES string of the molecule is C[C@H]1CCCCN1c1nnc2ccc(OC3CCC(NC(=O)N/C(=C/C(=N)C(C)(C)C)Nc4cccc(OCCO)c4)CC3)cn12. The number of ether oxygens (including phenoxy) is 2. The predicted molar refractivity (Wildman–Crippen MR) is 180 cm³/mol.